The predicted octanol–water partition coefficient (Wildman–Crippen LogP) is 6.56. The molecule has 1 heterocycles. The number of ether oxygens (including phenoxy) is 1. The normalized spacial score (nSPS) is 12.6. The quantitative estimate of drug-likeness (QED) is 0.232. The molecule has 0 bridgehead atoms. The van der Waals surface area contributed by atoms with Gasteiger partial charge in [-0.1, -0.05) is 36.4 Å². The van der Waals surface area contributed by atoms with E-state index in [1.165, 1.54) is 0 Å². The van der Waals surface area contributed by atoms with Gasteiger partial charge in [0.2, 0.25) is 0 Å². The van der Waals surface area contributed by atoms with Crippen LogP contribution in [-0.2, 0) is 14.3 Å². The number of esters is 1. The zero-order valence-electron chi connectivity index (χ0n) is 21.9. The second-order valence-electron chi connectivity index (χ2n) is 9.74. The van der Waals surface area contributed by atoms with E-state index >= 15 is 0 Å². The summed E-state index contributed by atoms with van der Waals surface area (Å²) in [5.74, 6) is -0.602. The smallest absolute Gasteiger partial charge is 0.339 e. The molecule has 1 aromatic heterocycles. The number of pyridine rings is 1. The van der Waals surface area contributed by atoms with Crippen LogP contribution in [0.3, 0.4) is 0 Å². The number of nitrogens with zero attached hydrogens (tertiary/aromatic N) is 1. The first-order valence-electron chi connectivity index (χ1n) is 12.1. The van der Waals surface area contributed by atoms with Crippen molar-refractivity contribution >= 4 is 41.0 Å². The minimum Gasteiger partial charge on any atom is -0.480 e. The Morgan fingerprint density at radius 1 is 1.11 bits per heavy atom. The summed E-state index contributed by atoms with van der Waals surface area (Å²) in [6.07, 6.45) is 7.54. The van der Waals surface area contributed by atoms with Crippen LogP contribution in [-0.4, -0.2) is 45.7 Å². The molecular formula is C30H34N2O4S. The van der Waals surface area contributed by atoms with Gasteiger partial charge in [-0.3, -0.25) is 4.98 Å². The minimum absolute atomic E-state index is 0.392. The molecule has 0 spiro atoms. The second-order valence-corrected chi connectivity index (χ2v) is 10.7. The SMILES string of the molecule is CSCC[C@H](Nc1ccc(C=C(C(=O)OC(C)(C)C)c2cccnc2)cc1-c1ccccc1C)C(=O)O. The predicted molar refractivity (Wildman–Crippen MR) is 153 cm³/mol. The van der Waals surface area contributed by atoms with Gasteiger partial charge in [-0.05, 0) is 87.1 Å². The average Bonchev–Trinajstić information content (AvgIpc) is 2.85. The van der Waals surface area contributed by atoms with Crippen LogP contribution in [0, 0.1) is 6.92 Å². The van der Waals surface area contributed by atoms with Gasteiger partial charge in [-0.15, -0.1) is 0 Å². The third kappa shape index (κ3) is 7.95. The van der Waals surface area contributed by atoms with Crippen molar-refractivity contribution in [3.8, 4) is 11.1 Å². The summed E-state index contributed by atoms with van der Waals surface area (Å²) >= 11 is 1.61. The van der Waals surface area contributed by atoms with E-state index in [4.69, 9.17) is 4.74 Å². The molecule has 3 aromatic rings. The number of aromatic nitrogens is 1. The van der Waals surface area contributed by atoms with E-state index in [1.54, 1.807) is 36.3 Å². The molecule has 6 nitrogen and oxygen atoms in total. The fraction of sp³-hybridized carbons (Fsp3) is 0.300. The fourth-order valence-corrected chi connectivity index (χ4v) is 4.31. The molecule has 194 valence electrons. The van der Waals surface area contributed by atoms with Crippen molar-refractivity contribution in [3.05, 3.63) is 83.7 Å². The molecule has 37 heavy (non-hydrogen) atoms. The van der Waals surface area contributed by atoms with Crippen molar-refractivity contribution in [2.75, 3.05) is 17.3 Å². The summed E-state index contributed by atoms with van der Waals surface area (Å²) in [5, 5.41) is 13.0. The van der Waals surface area contributed by atoms with Crippen LogP contribution in [0.5, 0.6) is 0 Å². The van der Waals surface area contributed by atoms with Crippen LogP contribution in [0.2, 0.25) is 0 Å². The molecular weight excluding hydrogens is 484 g/mol. The fourth-order valence-electron chi connectivity index (χ4n) is 3.84. The lowest BCUT2D eigenvalue weighted by Crippen LogP contribution is -2.30. The molecule has 0 aliphatic rings. The summed E-state index contributed by atoms with van der Waals surface area (Å²) in [6, 6.07) is 16.6. The number of anilines is 1. The maximum atomic E-state index is 13.2. The topological polar surface area (TPSA) is 88.5 Å². The molecule has 0 saturated carbocycles. The number of hydrogen-bond acceptors (Lipinski definition) is 6. The minimum atomic E-state index is -0.891. The van der Waals surface area contributed by atoms with Crippen molar-refractivity contribution in [3.63, 3.8) is 0 Å². The number of aryl methyl sites for hydroxylation is 1. The maximum absolute atomic E-state index is 13.2. The van der Waals surface area contributed by atoms with Gasteiger partial charge in [0.05, 0.1) is 5.57 Å². The number of nitrogens with one attached hydrogen (secondary N) is 1. The Labute approximate surface area is 223 Å². The molecule has 3 rings (SSSR count). The highest BCUT2D eigenvalue weighted by molar-refractivity contribution is 7.98. The molecule has 7 heteroatoms. The van der Waals surface area contributed by atoms with Gasteiger partial charge in [-0.25, -0.2) is 9.59 Å². The van der Waals surface area contributed by atoms with Gasteiger partial charge < -0.3 is 15.2 Å². The Bertz CT molecular complexity index is 1270. The van der Waals surface area contributed by atoms with Crippen molar-refractivity contribution in [2.24, 2.45) is 0 Å². The van der Waals surface area contributed by atoms with Crippen molar-refractivity contribution < 1.29 is 19.4 Å². The Kier molecular flexibility index (Phi) is 9.53. The zero-order chi connectivity index (χ0) is 27.0. The average molecular weight is 519 g/mol. The standard InChI is InChI=1S/C30H34N2O4S/c1-20-9-6-7-11-23(20)25-18-21(12-13-26(25)32-27(28(33)34)14-16-37-5)17-24(22-10-8-15-31-19-22)29(35)36-30(2,3)4/h6-13,15,17-19,27,32H,14,16H2,1-5H3,(H,33,34)/t27-/m0/s1. The summed E-state index contributed by atoms with van der Waals surface area (Å²) in [7, 11) is 0. The van der Waals surface area contributed by atoms with E-state index in [9.17, 15) is 14.7 Å². The van der Waals surface area contributed by atoms with Crippen molar-refractivity contribution in [2.45, 2.75) is 45.8 Å². The third-order valence-electron chi connectivity index (χ3n) is 5.62. The van der Waals surface area contributed by atoms with Crippen LogP contribution in [0.1, 0.15) is 43.9 Å². The van der Waals surface area contributed by atoms with E-state index in [-0.39, 0.29) is 0 Å². The highest BCUT2D eigenvalue weighted by Crippen LogP contribution is 2.34. The highest BCUT2D eigenvalue weighted by Gasteiger charge is 2.22. The van der Waals surface area contributed by atoms with E-state index in [2.05, 4.69) is 10.3 Å². The number of hydrogen-bond donors (Lipinski definition) is 2. The number of aliphatic carboxylic acids is 1. The number of thioether (sulfide) groups is 1. The van der Waals surface area contributed by atoms with Crippen molar-refractivity contribution in [1.29, 1.82) is 0 Å². The van der Waals surface area contributed by atoms with Crippen LogP contribution in [0.15, 0.2) is 67.0 Å². The lowest BCUT2D eigenvalue weighted by Gasteiger charge is -2.21. The van der Waals surface area contributed by atoms with Gasteiger partial charge in [0.1, 0.15) is 11.6 Å². The lowest BCUT2D eigenvalue weighted by atomic mass is 9.95. The summed E-state index contributed by atoms with van der Waals surface area (Å²) in [6.45, 7) is 7.51. The third-order valence-corrected chi connectivity index (χ3v) is 6.26. The van der Waals surface area contributed by atoms with E-state index in [0.717, 1.165) is 33.7 Å². The number of carboxylic acid groups (broad SMARTS) is 1. The van der Waals surface area contributed by atoms with Crippen LogP contribution < -0.4 is 5.32 Å². The van der Waals surface area contributed by atoms with Crippen LogP contribution in [0.25, 0.3) is 22.8 Å². The number of carbonyl (C=O) groups is 2. The monoisotopic (exact) mass is 518 g/mol. The lowest BCUT2D eigenvalue weighted by molar-refractivity contribution is -0.147. The highest BCUT2D eigenvalue weighted by atomic mass is 32.2. The summed E-state index contributed by atoms with van der Waals surface area (Å²) in [5.41, 5.74) is 4.79. The van der Waals surface area contributed by atoms with E-state index in [1.807, 2.05) is 82.5 Å². The summed E-state index contributed by atoms with van der Waals surface area (Å²) in [4.78, 5) is 29.3. The molecule has 0 unspecified atom stereocenters. The van der Waals surface area contributed by atoms with Gasteiger partial charge >= 0.3 is 11.9 Å². The molecule has 2 aromatic carbocycles. The van der Waals surface area contributed by atoms with Crippen LogP contribution >= 0.6 is 11.8 Å². The molecule has 0 saturated heterocycles. The zero-order valence-corrected chi connectivity index (χ0v) is 22.8. The molecule has 0 fully saturated rings. The number of benzene rings is 2. The molecule has 0 amide bonds. The first kappa shape index (κ1) is 28.0. The first-order valence-corrected chi connectivity index (χ1v) is 13.5. The van der Waals surface area contributed by atoms with Gasteiger partial charge in [0.15, 0.2) is 0 Å². The maximum Gasteiger partial charge on any atom is 0.339 e. The number of carbonyl (C=O) groups excluding carboxylic acids is 1. The van der Waals surface area contributed by atoms with Gasteiger partial charge in [0.25, 0.3) is 0 Å². The molecule has 1 atom stereocenters. The Hall–Kier alpha value is -3.58. The second kappa shape index (κ2) is 12.6. The Morgan fingerprint density at radius 3 is 2.49 bits per heavy atom. The van der Waals surface area contributed by atoms with Crippen molar-refractivity contribution in [1.82, 2.24) is 4.98 Å². The van der Waals surface area contributed by atoms with E-state index < -0.39 is 23.6 Å². The molecule has 2 N–H and O–H groups in total. The van der Waals surface area contributed by atoms with E-state index in [0.29, 0.717) is 17.6 Å². The Morgan fingerprint density at radius 2 is 1.86 bits per heavy atom. The van der Waals surface area contributed by atoms with Gasteiger partial charge in [0, 0.05) is 29.2 Å². The molecule has 0 aliphatic carbocycles. The largest absolute Gasteiger partial charge is 0.480 e. The van der Waals surface area contributed by atoms with Crippen LogP contribution in [0.4, 0.5) is 5.69 Å². The summed E-state index contributed by atoms with van der Waals surface area (Å²) < 4.78 is 5.69. The number of carboxylic acids is 1. The molecule has 0 radical (unpaired) electrons. The number of rotatable bonds is 10. The Balaban J connectivity index is 2.13. The molecule has 0 aliphatic heterocycles. The first-order chi connectivity index (χ1) is 17.6. The van der Waals surface area contributed by atoms with Gasteiger partial charge in [-0.2, -0.15) is 11.8 Å².